The molecule has 94 valence electrons. The Morgan fingerprint density at radius 3 is 2.76 bits per heavy atom. The number of nitrogens with zero attached hydrogens (tertiary/aromatic N) is 1. The van der Waals surface area contributed by atoms with Crippen LogP contribution >= 0.6 is 11.6 Å². The molecule has 4 heteroatoms. The van der Waals surface area contributed by atoms with Crippen LogP contribution in [0.3, 0.4) is 0 Å². The van der Waals surface area contributed by atoms with Crippen LogP contribution in [0.25, 0.3) is 0 Å². The van der Waals surface area contributed by atoms with E-state index in [1.54, 1.807) is 12.1 Å². The summed E-state index contributed by atoms with van der Waals surface area (Å²) in [7, 11) is 3.87. The van der Waals surface area contributed by atoms with E-state index in [1.807, 2.05) is 31.1 Å². The van der Waals surface area contributed by atoms with Crippen LogP contribution in [-0.4, -0.2) is 44.4 Å². The molecule has 0 aromatic heterocycles. The molecule has 1 N–H and O–H groups in total. The van der Waals surface area contributed by atoms with Gasteiger partial charge in [-0.15, -0.1) is 0 Å². The topological polar surface area (TPSA) is 32.3 Å². The summed E-state index contributed by atoms with van der Waals surface area (Å²) in [6.07, 6.45) is 1.03. The largest absolute Gasteiger partial charge is 0.320 e. The first-order chi connectivity index (χ1) is 8.15. The second kappa shape index (κ2) is 7.43. The number of hydrogen-bond acceptors (Lipinski definition) is 3. The lowest BCUT2D eigenvalue weighted by Crippen LogP contribution is -2.28. The van der Waals surface area contributed by atoms with Crippen molar-refractivity contribution in [2.45, 2.75) is 6.42 Å². The predicted octanol–water partition coefficient (Wildman–Crippen LogP) is 2.06. The monoisotopic (exact) mass is 254 g/mol. The SMILES string of the molecule is CNCCCN(C)CC(=O)c1ccccc1Cl. The molecule has 0 aliphatic rings. The Bertz CT molecular complexity index is 368. The third kappa shape index (κ3) is 4.86. The summed E-state index contributed by atoms with van der Waals surface area (Å²) >= 11 is 5.98. The molecular weight excluding hydrogens is 236 g/mol. The molecule has 0 fully saturated rings. The third-order valence-corrected chi connectivity index (χ3v) is 2.88. The Morgan fingerprint density at radius 1 is 1.41 bits per heavy atom. The minimum Gasteiger partial charge on any atom is -0.320 e. The van der Waals surface area contributed by atoms with Crippen molar-refractivity contribution < 1.29 is 4.79 Å². The van der Waals surface area contributed by atoms with Crippen LogP contribution in [0, 0.1) is 0 Å². The van der Waals surface area contributed by atoms with Gasteiger partial charge in [-0.05, 0) is 45.7 Å². The standard InChI is InChI=1S/C13H19ClN2O/c1-15-8-5-9-16(2)10-13(17)11-6-3-4-7-12(11)14/h3-4,6-7,15H,5,8-10H2,1-2H3. The van der Waals surface area contributed by atoms with Crippen LogP contribution < -0.4 is 5.32 Å². The smallest absolute Gasteiger partial charge is 0.178 e. The minimum atomic E-state index is 0.0718. The number of nitrogens with one attached hydrogen (secondary N) is 1. The summed E-state index contributed by atoms with van der Waals surface area (Å²) < 4.78 is 0. The first-order valence-electron chi connectivity index (χ1n) is 5.76. The minimum absolute atomic E-state index is 0.0718. The van der Waals surface area contributed by atoms with E-state index in [9.17, 15) is 4.79 Å². The Hall–Kier alpha value is -0.900. The average molecular weight is 255 g/mol. The van der Waals surface area contributed by atoms with Gasteiger partial charge in [-0.3, -0.25) is 9.69 Å². The molecule has 0 radical (unpaired) electrons. The molecule has 0 saturated heterocycles. The van der Waals surface area contributed by atoms with Crippen LogP contribution in [0.15, 0.2) is 24.3 Å². The zero-order valence-electron chi connectivity index (χ0n) is 10.4. The maximum atomic E-state index is 12.0. The quantitative estimate of drug-likeness (QED) is 0.597. The number of Topliss-reactive ketones (excluding diaryl/α,β-unsaturated/α-hetero) is 1. The molecule has 0 atom stereocenters. The molecule has 0 amide bonds. The van der Waals surface area contributed by atoms with Crippen molar-refractivity contribution in [3.63, 3.8) is 0 Å². The molecular formula is C13H19ClN2O. The molecule has 0 aliphatic carbocycles. The van der Waals surface area contributed by atoms with Crippen molar-refractivity contribution >= 4 is 17.4 Å². The van der Waals surface area contributed by atoms with Crippen LogP contribution in [0.2, 0.25) is 5.02 Å². The van der Waals surface area contributed by atoms with Crippen LogP contribution in [-0.2, 0) is 0 Å². The molecule has 0 saturated carbocycles. The second-order valence-corrected chi connectivity index (χ2v) is 4.51. The normalized spacial score (nSPS) is 10.8. The zero-order valence-corrected chi connectivity index (χ0v) is 11.1. The zero-order chi connectivity index (χ0) is 12.7. The van der Waals surface area contributed by atoms with Gasteiger partial charge < -0.3 is 5.32 Å². The molecule has 0 spiro atoms. The Morgan fingerprint density at radius 2 is 2.12 bits per heavy atom. The summed E-state index contributed by atoms with van der Waals surface area (Å²) in [5.74, 6) is 0.0718. The Balaban J connectivity index is 2.46. The van der Waals surface area contributed by atoms with Crippen molar-refractivity contribution in [1.29, 1.82) is 0 Å². The number of carbonyl (C=O) groups excluding carboxylic acids is 1. The Labute approximate surface area is 108 Å². The van der Waals surface area contributed by atoms with Crippen LogP contribution in [0.1, 0.15) is 16.8 Å². The summed E-state index contributed by atoms with van der Waals surface area (Å²) in [6.45, 7) is 2.27. The highest BCUT2D eigenvalue weighted by Gasteiger charge is 2.11. The number of halogens is 1. The van der Waals surface area contributed by atoms with Gasteiger partial charge in [0.2, 0.25) is 0 Å². The van der Waals surface area contributed by atoms with E-state index in [2.05, 4.69) is 5.32 Å². The molecule has 0 bridgehead atoms. The lowest BCUT2D eigenvalue weighted by Gasteiger charge is -2.15. The van der Waals surface area contributed by atoms with Gasteiger partial charge in [-0.1, -0.05) is 23.7 Å². The Kier molecular flexibility index (Phi) is 6.19. The lowest BCUT2D eigenvalue weighted by molar-refractivity contribution is 0.0946. The van der Waals surface area contributed by atoms with Gasteiger partial charge in [0.1, 0.15) is 0 Å². The van der Waals surface area contributed by atoms with Gasteiger partial charge in [-0.2, -0.15) is 0 Å². The van der Waals surface area contributed by atoms with Crippen LogP contribution in [0.5, 0.6) is 0 Å². The van der Waals surface area contributed by atoms with Crippen LogP contribution in [0.4, 0.5) is 0 Å². The summed E-state index contributed by atoms with van der Waals surface area (Å²) in [6, 6.07) is 7.18. The van der Waals surface area contributed by atoms with Gasteiger partial charge in [0, 0.05) is 5.56 Å². The summed E-state index contributed by atoms with van der Waals surface area (Å²) in [5.41, 5.74) is 0.606. The lowest BCUT2D eigenvalue weighted by atomic mass is 10.1. The summed E-state index contributed by atoms with van der Waals surface area (Å²) in [5, 5.41) is 3.61. The molecule has 1 rings (SSSR count). The fourth-order valence-electron chi connectivity index (χ4n) is 1.62. The predicted molar refractivity (Wildman–Crippen MR) is 71.8 cm³/mol. The third-order valence-electron chi connectivity index (χ3n) is 2.55. The number of benzene rings is 1. The van der Waals surface area contributed by atoms with Crippen molar-refractivity contribution in [2.75, 3.05) is 33.7 Å². The fraction of sp³-hybridized carbons (Fsp3) is 0.462. The number of carbonyl (C=O) groups is 1. The van der Waals surface area contributed by atoms with Crippen molar-refractivity contribution in [3.8, 4) is 0 Å². The average Bonchev–Trinajstić information content (AvgIpc) is 2.29. The molecule has 0 unspecified atom stereocenters. The molecule has 0 heterocycles. The van der Waals surface area contributed by atoms with E-state index >= 15 is 0 Å². The van der Waals surface area contributed by atoms with Gasteiger partial charge >= 0.3 is 0 Å². The first-order valence-corrected chi connectivity index (χ1v) is 6.14. The molecule has 1 aromatic rings. The maximum absolute atomic E-state index is 12.0. The van der Waals surface area contributed by atoms with E-state index in [1.165, 1.54) is 0 Å². The van der Waals surface area contributed by atoms with Gasteiger partial charge in [0.25, 0.3) is 0 Å². The highest BCUT2D eigenvalue weighted by atomic mass is 35.5. The number of rotatable bonds is 7. The highest BCUT2D eigenvalue weighted by Crippen LogP contribution is 2.15. The van der Waals surface area contributed by atoms with Crippen molar-refractivity contribution in [3.05, 3.63) is 34.9 Å². The maximum Gasteiger partial charge on any atom is 0.178 e. The number of ketones is 1. The van der Waals surface area contributed by atoms with Crippen molar-refractivity contribution in [1.82, 2.24) is 10.2 Å². The number of hydrogen-bond donors (Lipinski definition) is 1. The van der Waals surface area contributed by atoms with E-state index in [0.717, 1.165) is 19.5 Å². The van der Waals surface area contributed by atoms with E-state index in [4.69, 9.17) is 11.6 Å². The molecule has 1 aromatic carbocycles. The van der Waals surface area contributed by atoms with Gasteiger partial charge in [0.05, 0.1) is 11.6 Å². The van der Waals surface area contributed by atoms with E-state index in [-0.39, 0.29) is 5.78 Å². The fourth-order valence-corrected chi connectivity index (χ4v) is 1.86. The second-order valence-electron chi connectivity index (χ2n) is 4.10. The summed E-state index contributed by atoms with van der Waals surface area (Å²) in [4.78, 5) is 14.0. The van der Waals surface area contributed by atoms with E-state index in [0.29, 0.717) is 17.1 Å². The van der Waals surface area contributed by atoms with Gasteiger partial charge in [0.15, 0.2) is 5.78 Å². The number of likely N-dealkylation sites (N-methyl/N-ethyl adjacent to an activating group) is 1. The van der Waals surface area contributed by atoms with E-state index < -0.39 is 0 Å². The van der Waals surface area contributed by atoms with Gasteiger partial charge in [-0.25, -0.2) is 0 Å². The van der Waals surface area contributed by atoms with Crippen molar-refractivity contribution in [2.24, 2.45) is 0 Å². The first kappa shape index (κ1) is 14.2. The highest BCUT2D eigenvalue weighted by molar-refractivity contribution is 6.34. The molecule has 3 nitrogen and oxygen atoms in total. The molecule has 17 heavy (non-hydrogen) atoms. The molecule has 0 aliphatic heterocycles.